The van der Waals surface area contributed by atoms with Gasteiger partial charge in [-0.25, -0.2) is 9.59 Å². The van der Waals surface area contributed by atoms with Crippen molar-refractivity contribution in [3.63, 3.8) is 0 Å². The molecule has 0 bridgehead atoms. The summed E-state index contributed by atoms with van der Waals surface area (Å²) in [5, 5.41) is 25.4. The van der Waals surface area contributed by atoms with E-state index in [0.717, 1.165) is 55.6 Å². The van der Waals surface area contributed by atoms with Crippen LogP contribution in [0.5, 0.6) is 5.75 Å². The number of halogens is 2. The number of piperidine rings is 3. The van der Waals surface area contributed by atoms with Crippen molar-refractivity contribution >= 4 is 61.5 Å². The lowest BCUT2D eigenvalue weighted by Crippen LogP contribution is -2.57. The molecular formula is C35H44Br2N6O6. The van der Waals surface area contributed by atoms with Crippen molar-refractivity contribution in [3.05, 3.63) is 56.5 Å². The van der Waals surface area contributed by atoms with Gasteiger partial charge in [0, 0.05) is 63.3 Å². The van der Waals surface area contributed by atoms with Crippen molar-refractivity contribution in [1.82, 2.24) is 24.9 Å². The van der Waals surface area contributed by atoms with E-state index in [-0.39, 0.29) is 48.5 Å². The molecule has 2 aromatic carbocycles. The Morgan fingerprint density at radius 2 is 1.49 bits per heavy atom. The fourth-order valence-corrected chi connectivity index (χ4v) is 9.03. The van der Waals surface area contributed by atoms with E-state index in [1.807, 2.05) is 34.1 Å². The Morgan fingerprint density at radius 3 is 2.14 bits per heavy atom. The number of nitrogens with one attached hydrogen (secondary N) is 2. The molecule has 2 aromatic rings. The van der Waals surface area contributed by atoms with Crippen LogP contribution in [0.15, 0.2) is 45.3 Å². The summed E-state index contributed by atoms with van der Waals surface area (Å²) in [5.74, 6) is -0.571. The fourth-order valence-electron chi connectivity index (χ4n) is 7.75. The number of anilines is 1. The highest BCUT2D eigenvalue weighted by Crippen LogP contribution is 2.34. The molecule has 14 heteroatoms. The molecule has 3 fully saturated rings. The van der Waals surface area contributed by atoms with Crippen LogP contribution in [-0.2, 0) is 22.6 Å². The molecule has 49 heavy (non-hydrogen) atoms. The van der Waals surface area contributed by atoms with Crippen LogP contribution in [0.2, 0.25) is 0 Å². The number of hydrogen-bond donors (Lipinski definition) is 4. The number of likely N-dealkylation sites (tertiary alicyclic amines) is 3. The third-order valence-corrected chi connectivity index (χ3v) is 11.8. The van der Waals surface area contributed by atoms with Crippen LogP contribution < -0.4 is 10.6 Å². The maximum Gasteiger partial charge on any atom is 0.322 e. The zero-order chi connectivity index (χ0) is 34.7. The number of fused-ring (bicyclic) bond motifs is 1. The smallest absolute Gasteiger partial charge is 0.322 e. The first-order chi connectivity index (χ1) is 23.5. The second kappa shape index (κ2) is 15.7. The largest absolute Gasteiger partial charge is 0.506 e. The minimum atomic E-state index is -0.804. The molecular weight excluding hydrogens is 760 g/mol. The van der Waals surface area contributed by atoms with Gasteiger partial charge in [0.1, 0.15) is 11.8 Å². The third kappa shape index (κ3) is 8.51. The van der Waals surface area contributed by atoms with Gasteiger partial charge < -0.3 is 40.4 Å². The van der Waals surface area contributed by atoms with Gasteiger partial charge in [0.15, 0.2) is 0 Å². The first-order valence-corrected chi connectivity index (χ1v) is 18.8. The number of para-hydroxylation sites is 1. The standard InChI is InChI=1S/C35H44Br2N6O6/c36-27-17-23(18-28(37)32(27)46)19-30(33(47)41-13-7-25(8-14-41)40-11-5-22(6-12-40)20-31(44)45)39-34(48)42-15-9-26(10-16-42)43-21-24-3-1-2-4-29(24)38-35(43)49/h1-4,17-18,22,25-26,30,46H,5-16,19-21H2,(H,38,49)(H,39,48)(H,44,45)/t30-/m1/s1. The molecule has 12 nitrogen and oxygen atoms in total. The molecule has 0 spiro atoms. The number of amides is 5. The predicted molar refractivity (Wildman–Crippen MR) is 191 cm³/mol. The lowest BCUT2D eigenvalue weighted by Gasteiger charge is -2.42. The summed E-state index contributed by atoms with van der Waals surface area (Å²) in [6, 6.07) is 10.4. The minimum Gasteiger partial charge on any atom is -0.506 e. The second-order valence-electron chi connectivity index (χ2n) is 13.7. The van der Waals surface area contributed by atoms with Crippen LogP contribution in [0.25, 0.3) is 0 Å². The number of aromatic hydroxyl groups is 1. The summed E-state index contributed by atoms with van der Waals surface area (Å²) in [7, 11) is 0. The van der Waals surface area contributed by atoms with Gasteiger partial charge in [-0.05, 0) is 119 Å². The number of urea groups is 2. The highest BCUT2D eigenvalue weighted by atomic mass is 79.9. The molecule has 4 N–H and O–H groups in total. The van der Waals surface area contributed by atoms with E-state index < -0.39 is 12.0 Å². The highest BCUT2D eigenvalue weighted by Gasteiger charge is 2.36. The third-order valence-electron chi connectivity index (χ3n) is 10.6. The van der Waals surface area contributed by atoms with E-state index in [9.17, 15) is 24.3 Å². The molecule has 0 saturated carbocycles. The second-order valence-corrected chi connectivity index (χ2v) is 15.4. The van der Waals surface area contributed by atoms with Crippen molar-refractivity contribution < 1.29 is 29.4 Å². The Balaban J connectivity index is 1.07. The summed E-state index contributed by atoms with van der Waals surface area (Å²) >= 11 is 6.78. The monoisotopic (exact) mass is 802 g/mol. The Kier molecular flexibility index (Phi) is 11.3. The van der Waals surface area contributed by atoms with Gasteiger partial charge in [-0.3, -0.25) is 9.59 Å². The number of aliphatic carboxylic acids is 1. The van der Waals surface area contributed by atoms with E-state index in [1.54, 1.807) is 17.0 Å². The Morgan fingerprint density at radius 1 is 0.878 bits per heavy atom. The number of carboxylic acid groups (broad SMARTS) is 1. The van der Waals surface area contributed by atoms with Crippen LogP contribution >= 0.6 is 31.9 Å². The van der Waals surface area contributed by atoms with Crippen LogP contribution in [0.4, 0.5) is 15.3 Å². The zero-order valence-electron chi connectivity index (χ0n) is 27.5. The van der Waals surface area contributed by atoms with Gasteiger partial charge in [0.25, 0.3) is 0 Å². The molecule has 4 heterocycles. The highest BCUT2D eigenvalue weighted by molar-refractivity contribution is 9.11. The van der Waals surface area contributed by atoms with E-state index >= 15 is 0 Å². The summed E-state index contributed by atoms with van der Waals surface area (Å²) in [6.07, 6.45) is 5.18. The van der Waals surface area contributed by atoms with Gasteiger partial charge in [-0.15, -0.1) is 0 Å². The average molecular weight is 805 g/mol. The van der Waals surface area contributed by atoms with Gasteiger partial charge in [-0.2, -0.15) is 0 Å². The zero-order valence-corrected chi connectivity index (χ0v) is 30.6. The molecule has 3 saturated heterocycles. The summed E-state index contributed by atoms with van der Waals surface area (Å²) in [5.41, 5.74) is 2.69. The maximum absolute atomic E-state index is 14.1. The number of phenolic OH excluding ortho intramolecular Hbond substituents is 1. The van der Waals surface area contributed by atoms with Gasteiger partial charge in [0.05, 0.1) is 8.95 Å². The van der Waals surface area contributed by atoms with Crippen molar-refractivity contribution in [2.24, 2.45) is 5.92 Å². The number of carbonyl (C=O) groups excluding carboxylic acids is 3. The summed E-state index contributed by atoms with van der Waals surface area (Å²) < 4.78 is 0.988. The number of phenols is 1. The predicted octanol–water partition coefficient (Wildman–Crippen LogP) is 5.23. The maximum atomic E-state index is 14.1. The lowest BCUT2D eigenvalue weighted by atomic mass is 9.91. The molecule has 0 aromatic heterocycles. The molecule has 0 aliphatic carbocycles. The van der Waals surface area contributed by atoms with E-state index in [1.165, 1.54) is 0 Å². The van der Waals surface area contributed by atoms with Crippen LogP contribution in [-0.4, -0.2) is 111 Å². The van der Waals surface area contributed by atoms with Gasteiger partial charge in [0.2, 0.25) is 5.91 Å². The summed E-state index contributed by atoms with van der Waals surface area (Å²) in [4.78, 5) is 59.7. The Bertz CT molecular complexity index is 1530. The number of carboxylic acids is 1. The van der Waals surface area contributed by atoms with E-state index in [0.29, 0.717) is 60.6 Å². The van der Waals surface area contributed by atoms with Crippen molar-refractivity contribution in [3.8, 4) is 5.75 Å². The average Bonchev–Trinajstić information content (AvgIpc) is 3.10. The van der Waals surface area contributed by atoms with Crippen molar-refractivity contribution in [1.29, 1.82) is 0 Å². The number of rotatable bonds is 8. The van der Waals surface area contributed by atoms with E-state index in [2.05, 4.69) is 47.4 Å². The van der Waals surface area contributed by atoms with Crippen LogP contribution in [0, 0.1) is 5.92 Å². The SMILES string of the molecule is O=C(O)CC1CCN(C2CCN(C(=O)[C@@H](Cc3cc(Br)c(O)c(Br)c3)NC(=O)N3CCC(N4Cc5ccccc5NC4=O)CC3)CC2)CC1. The Hall–Kier alpha value is -3.36. The topological polar surface area (TPSA) is 146 Å². The quantitative estimate of drug-likeness (QED) is 0.286. The van der Waals surface area contributed by atoms with Crippen molar-refractivity contribution in [2.45, 2.75) is 76.0 Å². The lowest BCUT2D eigenvalue weighted by molar-refractivity contribution is -0.138. The first kappa shape index (κ1) is 35.5. The van der Waals surface area contributed by atoms with Gasteiger partial charge >= 0.3 is 18.0 Å². The molecule has 0 radical (unpaired) electrons. The van der Waals surface area contributed by atoms with Crippen molar-refractivity contribution in [2.75, 3.05) is 44.6 Å². The number of nitrogens with zero attached hydrogens (tertiary/aromatic N) is 4. The minimum absolute atomic E-state index is 0.00536. The molecule has 264 valence electrons. The molecule has 0 unspecified atom stereocenters. The number of carbonyl (C=O) groups is 4. The molecule has 5 amide bonds. The normalized spacial score (nSPS) is 20.4. The van der Waals surface area contributed by atoms with Gasteiger partial charge in [-0.1, -0.05) is 18.2 Å². The fraction of sp³-hybridized carbons (Fsp3) is 0.543. The number of hydrogen-bond acceptors (Lipinski definition) is 6. The van der Waals surface area contributed by atoms with Crippen LogP contribution in [0.3, 0.4) is 0 Å². The molecule has 1 atom stereocenters. The molecule has 4 aliphatic heterocycles. The molecule has 4 aliphatic rings. The van der Waals surface area contributed by atoms with Crippen LogP contribution in [0.1, 0.15) is 56.1 Å². The van der Waals surface area contributed by atoms with E-state index in [4.69, 9.17) is 5.11 Å². The first-order valence-electron chi connectivity index (χ1n) is 17.2. The number of benzene rings is 2. The molecule has 6 rings (SSSR count). The summed E-state index contributed by atoms with van der Waals surface area (Å²) in [6.45, 7) is 4.40. The Labute approximate surface area is 303 Å².